The second-order valence-electron chi connectivity index (χ2n) is 2.71. The van der Waals surface area contributed by atoms with Gasteiger partial charge < -0.3 is 9.84 Å². The van der Waals surface area contributed by atoms with Crippen LogP contribution >= 0.6 is 0 Å². The molecule has 1 amide bonds. The summed E-state index contributed by atoms with van der Waals surface area (Å²) in [5.74, 6) is -0.400. The van der Waals surface area contributed by atoms with Gasteiger partial charge in [0, 0.05) is 6.54 Å². The highest BCUT2D eigenvalue weighted by atomic mass is 16.5. The lowest BCUT2D eigenvalue weighted by Crippen LogP contribution is -2.36. The van der Waals surface area contributed by atoms with E-state index in [1.54, 1.807) is 12.2 Å². The summed E-state index contributed by atoms with van der Waals surface area (Å²) in [6.45, 7) is 0.344. The minimum atomic E-state index is -1.01. The zero-order valence-electron chi connectivity index (χ0n) is 7.27. The molecule has 0 fully saturated rings. The molecule has 0 aromatic carbocycles. The minimum absolute atomic E-state index is 0.0826. The van der Waals surface area contributed by atoms with Crippen LogP contribution in [0.3, 0.4) is 0 Å². The molecule has 1 rings (SSSR count). The van der Waals surface area contributed by atoms with E-state index in [0.29, 0.717) is 6.54 Å². The summed E-state index contributed by atoms with van der Waals surface area (Å²) in [4.78, 5) is 22.7. The molecule has 1 aliphatic heterocycles. The lowest BCUT2D eigenvalue weighted by Gasteiger charge is -2.19. The van der Waals surface area contributed by atoms with Crippen molar-refractivity contribution in [3.05, 3.63) is 12.2 Å². The summed E-state index contributed by atoms with van der Waals surface area (Å²) in [6.07, 6.45) is 2.49. The average molecular weight is 185 g/mol. The van der Waals surface area contributed by atoms with E-state index in [2.05, 4.69) is 4.74 Å². The molecule has 72 valence electrons. The number of carbonyl (C=O) groups is 2. The summed E-state index contributed by atoms with van der Waals surface area (Å²) in [5.41, 5.74) is 0. The lowest BCUT2D eigenvalue weighted by molar-refractivity contribution is -0.141. The maximum absolute atomic E-state index is 10.9. The van der Waals surface area contributed by atoms with Crippen molar-refractivity contribution in [3.8, 4) is 0 Å². The van der Waals surface area contributed by atoms with Crippen LogP contribution in [-0.2, 0) is 9.53 Å². The fourth-order valence-electron chi connectivity index (χ4n) is 1.22. The van der Waals surface area contributed by atoms with Crippen LogP contribution in [0, 0.1) is 0 Å². The maximum Gasteiger partial charge on any atom is 0.408 e. The smallest absolute Gasteiger partial charge is 0.408 e. The van der Waals surface area contributed by atoms with Gasteiger partial charge in [-0.15, -0.1) is 0 Å². The predicted molar refractivity (Wildman–Crippen MR) is 44.3 cm³/mol. The number of hydrogen-bond acceptors (Lipinski definition) is 3. The molecule has 5 nitrogen and oxygen atoms in total. The molecule has 5 heteroatoms. The molecular formula is C8H11NO4. The second-order valence-corrected chi connectivity index (χ2v) is 2.71. The first kappa shape index (κ1) is 9.57. The van der Waals surface area contributed by atoms with Crippen LogP contribution in [0.25, 0.3) is 0 Å². The fraction of sp³-hybridized carbons (Fsp3) is 0.500. The number of esters is 1. The Labute approximate surface area is 75.6 Å². The van der Waals surface area contributed by atoms with E-state index in [1.807, 2.05) is 0 Å². The van der Waals surface area contributed by atoms with Crippen LogP contribution in [0.15, 0.2) is 12.2 Å². The molecule has 0 bridgehead atoms. The Hall–Kier alpha value is -1.52. The fourth-order valence-corrected chi connectivity index (χ4v) is 1.22. The molecule has 1 atom stereocenters. The molecular weight excluding hydrogens is 174 g/mol. The van der Waals surface area contributed by atoms with Crippen molar-refractivity contribution in [2.75, 3.05) is 13.7 Å². The zero-order valence-corrected chi connectivity index (χ0v) is 7.27. The Bertz CT molecular complexity index is 249. The zero-order chi connectivity index (χ0) is 9.84. The Morgan fingerprint density at radius 1 is 1.69 bits per heavy atom. The quantitative estimate of drug-likeness (QED) is 0.501. The van der Waals surface area contributed by atoms with E-state index >= 15 is 0 Å². The van der Waals surface area contributed by atoms with Crippen molar-refractivity contribution in [2.24, 2.45) is 0 Å². The van der Waals surface area contributed by atoms with Crippen LogP contribution in [0.5, 0.6) is 0 Å². The average Bonchev–Trinajstić information content (AvgIpc) is 2.52. The van der Waals surface area contributed by atoms with Gasteiger partial charge in [0.05, 0.1) is 19.6 Å². The number of ether oxygens (including phenoxy) is 1. The highest BCUT2D eigenvalue weighted by Crippen LogP contribution is 2.13. The normalized spacial score (nSPS) is 20.4. The van der Waals surface area contributed by atoms with Crippen LogP contribution in [-0.4, -0.2) is 41.8 Å². The highest BCUT2D eigenvalue weighted by molar-refractivity contribution is 5.73. The van der Waals surface area contributed by atoms with Gasteiger partial charge in [-0.05, 0) is 0 Å². The molecule has 0 aromatic rings. The third kappa shape index (κ3) is 2.21. The third-order valence-corrected chi connectivity index (χ3v) is 1.91. The number of amides is 1. The molecule has 0 aliphatic carbocycles. The molecule has 13 heavy (non-hydrogen) atoms. The number of carbonyl (C=O) groups excluding carboxylic acids is 1. The van der Waals surface area contributed by atoms with Gasteiger partial charge in [-0.2, -0.15) is 0 Å². The van der Waals surface area contributed by atoms with Crippen LogP contribution in [0.2, 0.25) is 0 Å². The van der Waals surface area contributed by atoms with Crippen molar-refractivity contribution < 1.29 is 19.4 Å². The first-order valence-electron chi connectivity index (χ1n) is 3.88. The van der Waals surface area contributed by atoms with Gasteiger partial charge in [0.25, 0.3) is 0 Å². The number of methoxy groups -OCH3 is 1. The Balaban J connectivity index is 2.53. The molecule has 1 N–H and O–H groups in total. The number of hydrogen-bond donors (Lipinski definition) is 1. The summed E-state index contributed by atoms with van der Waals surface area (Å²) in [5, 5.41) is 8.70. The Morgan fingerprint density at radius 3 is 2.92 bits per heavy atom. The van der Waals surface area contributed by atoms with Crippen molar-refractivity contribution >= 4 is 12.1 Å². The standard InChI is InChI=1S/C8H11NO4/c1-13-7(10)5-6-3-2-4-9(6)8(11)12/h2-3,6H,4-5H2,1H3,(H,11,12)/t6-/m0/s1. The second kappa shape index (κ2) is 3.93. The van der Waals surface area contributed by atoms with Crippen LogP contribution in [0.4, 0.5) is 4.79 Å². The van der Waals surface area contributed by atoms with Crippen molar-refractivity contribution in [1.29, 1.82) is 0 Å². The van der Waals surface area contributed by atoms with Crippen LogP contribution in [0.1, 0.15) is 6.42 Å². The Kier molecular flexibility index (Phi) is 2.89. The van der Waals surface area contributed by atoms with Crippen molar-refractivity contribution in [3.63, 3.8) is 0 Å². The predicted octanol–water partition coefficient (Wildman–Crippen LogP) is 0.468. The van der Waals surface area contributed by atoms with E-state index in [-0.39, 0.29) is 12.5 Å². The Morgan fingerprint density at radius 2 is 2.38 bits per heavy atom. The van der Waals surface area contributed by atoms with E-state index in [1.165, 1.54) is 12.0 Å². The van der Waals surface area contributed by atoms with Gasteiger partial charge in [0.15, 0.2) is 0 Å². The van der Waals surface area contributed by atoms with E-state index < -0.39 is 12.1 Å². The van der Waals surface area contributed by atoms with Gasteiger partial charge in [-0.3, -0.25) is 9.69 Å². The minimum Gasteiger partial charge on any atom is -0.469 e. The molecule has 0 radical (unpaired) electrons. The molecule has 1 aliphatic rings. The summed E-state index contributed by atoms with van der Waals surface area (Å²) >= 11 is 0. The summed E-state index contributed by atoms with van der Waals surface area (Å²) in [6, 6.07) is -0.370. The highest BCUT2D eigenvalue weighted by Gasteiger charge is 2.26. The van der Waals surface area contributed by atoms with Gasteiger partial charge >= 0.3 is 12.1 Å². The first-order chi connectivity index (χ1) is 6.15. The number of carboxylic acid groups (broad SMARTS) is 1. The van der Waals surface area contributed by atoms with Crippen molar-refractivity contribution in [1.82, 2.24) is 4.90 Å². The largest absolute Gasteiger partial charge is 0.469 e. The summed E-state index contributed by atoms with van der Waals surface area (Å²) < 4.78 is 4.45. The molecule has 0 saturated heterocycles. The monoisotopic (exact) mass is 185 g/mol. The third-order valence-electron chi connectivity index (χ3n) is 1.91. The van der Waals surface area contributed by atoms with Gasteiger partial charge in [0.2, 0.25) is 0 Å². The molecule has 0 spiro atoms. The van der Waals surface area contributed by atoms with Crippen molar-refractivity contribution in [2.45, 2.75) is 12.5 Å². The molecule has 1 heterocycles. The van der Waals surface area contributed by atoms with E-state index in [4.69, 9.17) is 5.11 Å². The van der Waals surface area contributed by atoms with E-state index in [0.717, 1.165) is 0 Å². The maximum atomic E-state index is 10.9. The molecule has 0 aromatic heterocycles. The first-order valence-corrected chi connectivity index (χ1v) is 3.88. The topological polar surface area (TPSA) is 66.8 Å². The SMILES string of the molecule is COC(=O)C[C@@H]1C=CCN1C(=O)O. The number of nitrogens with zero attached hydrogens (tertiary/aromatic N) is 1. The van der Waals surface area contributed by atoms with Gasteiger partial charge in [-0.25, -0.2) is 4.79 Å². The molecule has 0 saturated carbocycles. The van der Waals surface area contributed by atoms with Gasteiger partial charge in [0.1, 0.15) is 0 Å². The number of rotatable bonds is 2. The van der Waals surface area contributed by atoms with Crippen LogP contribution < -0.4 is 0 Å². The van der Waals surface area contributed by atoms with Gasteiger partial charge in [-0.1, -0.05) is 12.2 Å². The lowest BCUT2D eigenvalue weighted by atomic mass is 10.2. The van der Waals surface area contributed by atoms with E-state index in [9.17, 15) is 9.59 Å². The molecule has 0 unspecified atom stereocenters. The summed E-state index contributed by atoms with van der Waals surface area (Å²) in [7, 11) is 1.28.